The largest absolute Gasteiger partial charge is 0.414 e. The van der Waals surface area contributed by atoms with E-state index in [1.54, 1.807) is 0 Å². The second-order valence-corrected chi connectivity index (χ2v) is 6.59. The summed E-state index contributed by atoms with van der Waals surface area (Å²) < 4.78 is 5.55. The van der Waals surface area contributed by atoms with E-state index < -0.39 is 0 Å². The molecule has 6 nitrogen and oxygen atoms in total. The Bertz CT molecular complexity index is 674. The number of amides is 1. The molecular weight excluding hydrogens is 324 g/mol. The summed E-state index contributed by atoms with van der Waals surface area (Å²) in [6, 6.07) is 7.49. The first kappa shape index (κ1) is 18.5. The minimum absolute atomic E-state index is 0.105. The van der Waals surface area contributed by atoms with E-state index in [4.69, 9.17) is 10.2 Å². The van der Waals surface area contributed by atoms with Crippen LogP contribution in [0.15, 0.2) is 33.9 Å². The Kier molecular flexibility index (Phi) is 6.81. The number of rotatable bonds is 8. The lowest BCUT2D eigenvalue weighted by Crippen LogP contribution is -2.18. The van der Waals surface area contributed by atoms with Gasteiger partial charge in [0.15, 0.2) is 0 Å². The second kappa shape index (κ2) is 8.84. The normalized spacial score (nSPS) is 13.5. The molecule has 3 N–H and O–H groups in total. The molecule has 2 atom stereocenters. The van der Waals surface area contributed by atoms with Gasteiger partial charge in [0.1, 0.15) is 0 Å². The monoisotopic (exact) mass is 348 g/mol. The van der Waals surface area contributed by atoms with Gasteiger partial charge in [-0.2, -0.15) is 0 Å². The van der Waals surface area contributed by atoms with Gasteiger partial charge in [-0.3, -0.25) is 4.79 Å². The first-order valence-electron chi connectivity index (χ1n) is 8.14. The quantitative estimate of drug-likeness (QED) is 0.710. The fourth-order valence-corrected chi connectivity index (χ4v) is 2.74. The molecule has 1 amide bonds. The summed E-state index contributed by atoms with van der Waals surface area (Å²) in [5.74, 6) is 0.783. The van der Waals surface area contributed by atoms with E-state index in [0.29, 0.717) is 11.1 Å². The van der Waals surface area contributed by atoms with Crippen molar-refractivity contribution in [3.63, 3.8) is 0 Å². The van der Waals surface area contributed by atoms with E-state index in [9.17, 15) is 4.79 Å². The molecule has 0 unspecified atom stereocenters. The van der Waals surface area contributed by atoms with Crippen LogP contribution in [0.3, 0.4) is 0 Å². The Morgan fingerprint density at radius 3 is 2.79 bits per heavy atom. The van der Waals surface area contributed by atoms with Crippen LogP contribution in [-0.4, -0.2) is 21.9 Å². The highest BCUT2D eigenvalue weighted by Gasteiger charge is 2.20. The predicted octanol–water partition coefficient (Wildman–Crippen LogP) is 3.41. The number of hydrogen-bond donors (Lipinski definition) is 2. The van der Waals surface area contributed by atoms with Gasteiger partial charge in [0.2, 0.25) is 11.8 Å². The van der Waals surface area contributed by atoms with Crippen LogP contribution in [0.25, 0.3) is 0 Å². The van der Waals surface area contributed by atoms with Crippen molar-refractivity contribution in [1.29, 1.82) is 0 Å². The van der Waals surface area contributed by atoms with Gasteiger partial charge >= 0.3 is 0 Å². The summed E-state index contributed by atoms with van der Waals surface area (Å²) >= 11 is 1.21. The standard InChI is InChI=1S/C17H24N4O2S/c1-4-11(3)15(18)16-20-21-17(23-16)24-10-14(22)19-13-9-7-6-8-12(13)5-2/h6-9,11,15H,4-5,10,18H2,1-3H3,(H,19,22)/t11-,15-/m0/s1. The molecule has 0 bridgehead atoms. The molecule has 130 valence electrons. The maximum atomic E-state index is 12.1. The van der Waals surface area contributed by atoms with E-state index in [-0.39, 0.29) is 23.6 Å². The summed E-state index contributed by atoms with van der Waals surface area (Å²) in [6.45, 7) is 6.16. The number of para-hydroxylation sites is 1. The van der Waals surface area contributed by atoms with Crippen LogP contribution in [0, 0.1) is 5.92 Å². The lowest BCUT2D eigenvalue weighted by atomic mass is 10.0. The van der Waals surface area contributed by atoms with Crippen LogP contribution in [0.1, 0.15) is 44.7 Å². The zero-order chi connectivity index (χ0) is 17.5. The Balaban J connectivity index is 1.89. The third-order valence-electron chi connectivity index (χ3n) is 3.96. The van der Waals surface area contributed by atoms with Crippen LogP contribution in [0.4, 0.5) is 5.69 Å². The molecule has 0 aliphatic heterocycles. The number of hydrogen-bond acceptors (Lipinski definition) is 6. The van der Waals surface area contributed by atoms with Crippen LogP contribution in [0.2, 0.25) is 0 Å². The summed E-state index contributed by atoms with van der Waals surface area (Å²) in [6.07, 6.45) is 1.80. The maximum absolute atomic E-state index is 12.1. The Labute approximate surface area is 146 Å². The molecule has 1 aromatic carbocycles. The van der Waals surface area contributed by atoms with Crippen molar-refractivity contribution < 1.29 is 9.21 Å². The molecule has 0 saturated heterocycles. The van der Waals surface area contributed by atoms with Crippen molar-refractivity contribution in [2.24, 2.45) is 11.7 Å². The highest BCUT2D eigenvalue weighted by molar-refractivity contribution is 7.99. The smallest absolute Gasteiger partial charge is 0.277 e. The average Bonchev–Trinajstić information content (AvgIpc) is 3.08. The molecule has 0 saturated carbocycles. The molecule has 2 aromatic rings. The van der Waals surface area contributed by atoms with E-state index in [0.717, 1.165) is 24.1 Å². The number of carbonyl (C=O) groups excluding carboxylic acids is 1. The van der Waals surface area contributed by atoms with Gasteiger partial charge in [0.05, 0.1) is 11.8 Å². The highest BCUT2D eigenvalue weighted by Crippen LogP contribution is 2.24. The van der Waals surface area contributed by atoms with E-state index in [2.05, 4.69) is 29.4 Å². The Morgan fingerprint density at radius 2 is 2.08 bits per heavy atom. The average molecular weight is 348 g/mol. The summed E-state index contributed by atoms with van der Waals surface area (Å²) in [4.78, 5) is 12.1. The second-order valence-electron chi connectivity index (χ2n) is 5.67. The molecule has 0 spiro atoms. The van der Waals surface area contributed by atoms with Gasteiger partial charge in [-0.25, -0.2) is 0 Å². The molecule has 7 heteroatoms. The molecular formula is C17H24N4O2S. The fourth-order valence-electron chi connectivity index (χ4n) is 2.17. The number of nitrogens with one attached hydrogen (secondary N) is 1. The lowest BCUT2D eigenvalue weighted by molar-refractivity contribution is -0.113. The Hall–Kier alpha value is -1.86. The van der Waals surface area contributed by atoms with Gasteiger partial charge in [-0.1, -0.05) is 57.2 Å². The zero-order valence-electron chi connectivity index (χ0n) is 14.3. The number of aryl methyl sites for hydroxylation is 1. The van der Waals surface area contributed by atoms with Crippen molar-refractivity contribution in [2.45, 2.75) is 44.9 Å². The molecule has 1 aromatic heterocycles. The van der Waals surface area contributed by atoms with Crippen molar-refractivity contribution in [3.8, 4) is 0 Å². The first-order chi connectivity index (χ1) is 11.5. The summed E-state index contributed by atoms with van der Waals surface area (Å²) in [5.41, 5.74) is 8.02. The van der Waals surface area contributed by atoms with Gasteiger partial charge in [0, 0.05) is 5.69 Å². The third kappa shape index (κ3) is 4.82. The lowest BCUT2D eigenvalue weighted by Gasteiger charge is -2.13. The number of benzene rings is 1. The third-order valence-corrected chi connectivity index (χ3v) is 4.78. The first-order valence-corrected chi connectivity index (χ1v) is 9.13. The van der Waals surface area contributed by atoms with Crippen LogP contribution in [-0.2, 0) is 11.2 Å². The molecule has 0 aliphatic carbocycles. The van der Waals surface area contributed by atoms with E-state index in [1.165, 1.54) is 11.8 Å². The minimum Gasteiger partial charge on any atom is -0.414 e. The molecule has 1 heterocycles. The van der Waals surface area contributed by atoms with Crippen LogP contribution < -0.4 is 11.1 Å². The number of anilines is 1. The SMILES string of the molecule is CCc1ccccc1NC(=O)CSc1nnc([C@@H](N)[C@@H](C)CC)o1. The fraction of sp³-hybridized carbons (Fsp3) is 0.471. The minimum atomic E-state index is -0.276. The molecule has 0 fully saturated rings. The summed E-state index contributed by atoms with van der Waals surface area (Å²) in [5, 5.41) is 11.2. The molecule has 0 radical (unpaired) electrons. The number of carbonyl (C=O) groups is 1. The number of nitrogens with two attached hydrogens (primary N) is 1. The van der Waals surface area contributed by atoms with Gasteiger partial charge in [-0.15, -0.1) is 10.2 Å². The van der Waals surface area contributed by atoms with Gasteiger partial charge in [-0.05, 0) is 24.0 Å². The van der Waals surface area contributed by atoms with E-state index in [1.807, 2.05) is 31.2 Å². The van der Waals surface area contributed by atoms with Crippen molar-refractivity contribution in [1.82, 2.24) is 10.2 Å². The van der Waals surface area contributed by atoms with Crippen LogP contribution >= 0.6 is 11.8 Å². The van der Waals surface area contributed by atoms with Crippen molar-refractivity contribution in [2.75, 3.05) is 11.1 Å². The number of thioether (sulfide) groups is 1. The van der Waals surface area contributed by atoms with Gasteiger partial charge < -0.3 is 15.5 Å². The van der Waals surface area contributed by atoms with Crippen LogP contribution in [0.5, 0.6) is 0 Å². The van der Waals surface area contributed by atoms with E-state index >= 15 is 0 Å². The predicted molar refractivity (Wildman–Crippen MR) is 95.9 cm³/mol. The topological polar surface area (TPSA) is 94.0 Å². The number of aromatic nitrogens is 2. The molecule has 24 heavy (non-hydrogen) atoms. The summed E-state index contributed by atoms with van der Waals surface area (Å²) in [7, 11) is 0. The zero-order valence-corrected chi connectivity index (χ0v) is 15.1. The molecule has 2 rings (SSSR count). The highest BCUT2D eigenvalue weighted by atomic mass is 32.2. The number of nitrogens with zero attached hydrogens (tertiary/aromatic N) is 2. The molecule has 0 aliphatic rings. The Morgan fingerprint density at radius 1 is 1.33 bits per heavy atom. The van der Waals surface area contributed by atoms with Crippen molar-refractivity contribution in [3.05, 3.63) is 35.7 Å². The van der Waals surface area contributed by atoms with Gasteiger partial charge in [0.25, 0.3) is 5.22 Å². The maximum Gasteiger partial charge on any atom is 0.277 e. The van der Waals surface area contributed by atoms with Crippen molar-refractivity contribution >= 4 is 23.4 Å².